The van der Waals surface area contributed by atoms with E-state index in [9.17, 15) is 13.5 Å². The summed E-state index contributed by atoms with van der Waals surface area (Å²) in [6, 6.07) is 2.67. The summed E-state index contributed by atoms with van der Waals surface area (Å²) < 4.78 is 26.1. The molecule has 0 spiro atoms. The molecule has 112 valence electrons. The number of aliphatic hydroxyl groups is 1. The average molecular weight is 359 g/mol. The van der Waals surface area contributed by atoms with Gasteiger partial charge in [-0.2, -0.15) is 4.31 Å². The summed E-state index contributed by atoms with van der Waals surface area (Å²) in [6.45, 7) is 2.04. The van der Waals surface area contributed by atoms with Crippen molar-refractivity contribution in [1.29, 1.82) is 0 Å². The minimum atomic E-state index is -3.82. The Hall–Kier alpha value is -0.0400. The molecule has 0 amide bonds. The van der Waals surface area contributed by atoms with Crippen molar-refractivity contribution in [2.75, 3.05) is 13.1 Å². The molecule has 0 saturated carbocycles. The molecular weight excluding hydrogens is 345 g/mol. The van der Waals surface area contributed by atoms with E-state index in [-0.39, 0.29) is 33.1 Å². The fourth-order valence-corrected chi connectivity index (χ4v) is 5.40. The van der Waals surface area contributed by atoms with Crippen molar-refractivity contribution >= 4 is 44.8 Å². The number of hydrogen-bond acceptors (Lipinski definition) is 3. The van der Waals surface area contributed by atoms with E-state index < -0.39 is 15.6 Å². The summed E-state index contributed by atoms with van der Waals surface area (Å²) in [4.78, 5) is -0.163. The molecule has 0 atom stereocenters. The van der Waals surface area contributed by atoms with Gasteiger partial charge in [0.2, 0.25) is 10.0 Å². The third kappa shape index (κ3) is 2.93. The van der Waals surface area contributed by atoms with Gasteiger partial charge in [0.1, 0.15) is 4.90 Å². The molecule has 8 heteroatoms. The molecule has 1 aliphatic rings. The molecule has 0 bridgehead atoms. The molecule has 1 aliphatic heterocycles. The predicted octanol–water partition coefficient (Wildman–Crippen LogP) is 3.18. The molecule has 1 aromatic carbocycles. The van der Waals surface area contributed by atoms with Gasteiger partial charge in [0.05, 0.1) is 15.6 Å². The number of halogens is 3. The van der Waals surface area contributed by atoms with E-state index in [0.29, 0.717) is 6.42 Å². The smallest absolute Gasteiger partial charge is 0.246 e. The first-order chi connectivity index (χ1) is 9.19. The molecule has 1 N–H and O–H groups in total. The van der Waals surface area contributed by atoms with Crippen molar-refractivity contribution in [2.45, 2.75) is 30.3 Å². The molecule has 1 aromatic rings. The van der Waals surface area contributed by atoms with Gasteiger partial charge in [-0.25, -0.2) is 8.42 Å². The molecular formula is C12H14Cl3NO3S. The first-order valence-corrected chi connectivity index (χ1v) is 8.64. The molecule has 4 nitrogen and oxygen atoms in total. The zero-order valence-electron chi connectivity index (χ0n) is 10.7. The van der Waals surface area contributed by atoms with Crippen LogP contribution in [-0.2, 0) is 10.0 Å². The van der Waals surface area contributed by atoms with E-state index in [1.54, 1.807) is 0 Å². The Bertz CT molecular complexity index is 604. The average Bonchev–Trinajstić information content (AvgIpc) is 2.23. The number of benzene rings is 1. The van der Waals surface area contributed by atoms with E-state index in [1.165, 1.54) is 16.4 Å². The van der Waals surface area contributed by atoms with Crippen LogP contribution in [0.25, 0.3) is 0 Å². The van der Waals surface area contributed by atoms with Crippen LogP contribution in [0.15, 0.2) is 17.0 Å². The Morgan fingerprint density at radius 1 is 1.25 bits per heavy atom. The van der Waals surface area contributed by atoms with Crippen molar-refractivity contribution in [1.82, 2.24) is 4.31 Å². The summed E-state index contributed by atoms with van der Waals surface area (Å²) in [5, 5.41) is 10.3. The molecule has 0 aliphatic carbocycles. The summed E-state index contributed by atoms with van der Waals surface area (Å²) in [5.74, 6) is 0. The maximum atomic E-state index is 12.5. The highest BCUT2D eigenvalue weighted by Gasteiger charge is 2.47. The van der Waals surface area contributed by atoms with Crippen molar-refractivity contribution in [2.24, 2.45) is 0 Å². The van der Waals surface area contributed by atoms with Gasteiger partial charge in [-0.15, -0.1) is 0 Å². The Morgan fingerprint density at radius 2 is 1.75 bits per heavy atom. The summed E-state index contributed by atoms with van der Waals surface area (Å²) >= 11 is 17.6. The maximum absolute atomic E-state index is 12.5. The van der Waals surface area contributed by atoms with Gasteiger partial charge in [0.15, 0.2) is 0 Å². The minimum Gasteiger partial charge on any atom is -0.387 e. The number of β-amino-alcohol motifs (C(OH)–C–C–N with tert-alkyl or cyclic N) is 1. The van der Waals surface area contributed by atoms with Crippen LogP contribution >= 0.6 is 34.8 Å². The number of rotatable bonds is 4. The lowest BCUT2D eigenvalue weighted by molar-refractivity contribution is -0.0653. The van der Waals surface area contributed by atoms with Gasteiger partial charge in [0, 0.05) is 18.1 Å². The minimum absolute atomic E-state index is 0.0200. The third-order valence-corrected chi connectivity index (χ3v) is 6.15. The Kier molecular flexibility index (Phi) is 4.60. The van der Waals surface area contributed by atoms with Gasteiger partial charge < -0.3 is 5.11 Å². The highest BCUT2D eigenvalue weighted by atomic mass is 35.5. The first kappa shape index (κ1) is 16.3. The van der Waals surface area contributed by atoms with E-state index in [4.69, 9.17) is 34.8 Å². The molecule has 1 heterocycles. The number of nitrogens with zero attached hydrogens (tertiary/aromatic N) is 1. The van der Waals surface area contributed by atoms with E-state index in [2.05, 4.69) is 0 Å². The van der Waals surface area contributed by atoms with Gasteiger partial charge >= 0.3 is 0 Å². The van der Waals surface area contributed by atoms with Crippen LogP contribution in [0.5, 0.6) is 0 Å². The lowest BCUT2D eigenvalue weighted by atomic mass is 9.92. The Labute approximate surface area is 133 Å². The number of sulfonamides is 1. The largest absolute Gasteiger partial charge is 0.387 e. The Balaban J connectivity index is 2.30. The van der Waals surface area contributed by atoms with Crippen molar-refractivity contribution in [3.05, 3.63) is 27.2 Å². The molecule has 1 saturated heterocycles. The monoisotopic (exact) mass is 357 g/mol. The van der Waals surface area contributed by atoms with Crippen LogP contribution in [-0.4, -0.2) is 36.5 Å². The molecule has 0 radical (unpaired) electrons. The zero-order chi connectivity index (χ0) is 15.1. The standard InChI is InChI=1S/C12H14Cl3NO3S/c1-2-3-12(17)6-16(7-12)20(18,19)11-9(14)4-8(13)5-10(11)15/h4-5,17H,2-3,6-7H2,1H3. The predicted molar refractivity (Wildman–Crippen MR) is 80.1 cm³/mol. The second-order valence-electron chi connectivity index (χ2n) is 4.95. The quantitative estimate of drug-likeness (QED) is 0.899. The third-order valence-electron chi connectivity index (χ3n) is 3.22. The van der Waals surface area contributed by atoms with Gasteiger partial charge in [-0.1, -0.05) is 48.1 Å². The molecule has 2 rings (SSSR count). The van der Waals surface area contributed by atoms with E-state index in [0.717, 1.165) is 6.42 Å². The second-order valence-corrected chi connectivity index (χ2v) is 8.07. The van der Waals surface area contributed by atoms with Crippen LogP contribution in [0.4, 0.5) is 0 Å². The summed E-state index contributed by atoms with van der Waals surface area (Å²) in [7, 11) is -3.82. The van der Waals surface area contributed by atoms with Crippen molar-refractivity contribution in [3.8, 4) is 0 Å². The summed E-state index contributed by atoms with van der Waals surface area (Å²) in [6.07, 6.45) is 1.34. The van der Waals surface area contributed by atoms with Gasteiger partial charge in [-0.3, -0.25) is 0 Å². The molecule has 1 fully saturated rings. The van der Waals surface area contributed by atoms with Crippen LogP contribution in [0, 0.1) is 0 Å². The van der Waals surface area contributed by atoms with Crippen molar-refractivity contribution in [3.63, 3.8) is 0 Å². The van der Waals surface area contributed by atoms with Crippen LogP contribution in [0.3, 0.4) is 0 Å². The molecule has 20 heavy (non-hydrogen) atoms. The van der Waals surface area contributed by atoms with Gasteiger partial charge in [-0.05, 0) is 18.6 Å². The van der Waals surface area contributed by atoms with Crippen LogP contribution < -0.4 is 0 Å². The normalized spacial score (nSPS) is 18.9. The SMILES string of the molecule is CCCC1(O)CN(S(=O)(=O)c2c(Cl)cc(Cl)cc2Cl)C1. The van der Waals surface area contributed by atoms with Crippen LogP contribution in [0.1, 0.15) is 19.8 Å². The highest BCUT2D eigenvalue weighted by Crippen LogP contribution is 2.38. The fraction of sp³-hybridized carbons (Fsp3) is 0.500. The lowest BCUT2D eigenvalue weighted by Crippen LogP contribution is -2.63. The van der Waals surface area contributed by atoms with Gasteiger partial charge in [0.25, 0.3) is 0 Å². The topological polar surface area (TPSA) is 57.6 Å². The fourth-order valence-electron chi connectivity index (χ4n) is 2.31. The lowest BCUT2D eigenvalue weighted by Gasteiger charge is -2.45. The zero-order valence-corrected chi connectivity index (χ0v) is 13.8. The second kappa shape index (κ2) is 5.63. The highest BCUT2D eigenvalue weighted by molar-refractivity contribution is 7.89. The molecule has 0 aromatic heterocycles. The maximum Gasteiger partial charge on any atom is 0.246 e. The Morgan fingerprint density at radius 3 is 2.20 bits per heavy atom. The molecule has 0 unspecified atom stereocenters. The van der Waals surface area contributed by atoms with Crippen molar-refractivity contribution < 1.29 is 13.5 Å². The number of hydrogen-bond donors (Lipinski definition) is 1. The van der Waals surface area contributed by atoms with Crippen LogP contribution in [0.2, 0.25) is 15.1 Å². The van der Waals surface area contributed by atoms with E-state index >= 15 is 0 Å². The first-order valence-electron chi connectivity index (χ1n) is 6.07. The van der Waals surface area contributed by atoms with E-state index in [1.807, 2.05) is 6.92 Å². The summed E-state index contributed by atoms with van der Waals surface area (Å²) in [5.41, 5.74) is -0.951.